The normalized spacial score (nSPS) is 11.5. The Kier molecular flexibility index (Phi) is 8.42. The van der Waals surface area contributed by atoms with E-state index in [4.69, 9.17) is 18.9 Å². The Bertz CT molecular complexity index is 2370. The van der Waals surface area contributed by atoms with Gasteiger partial charge in [0.15, 0.2) is 17.3 Å². The first kappa shape index (κ1) is 30.2. The van der Waals surface area contributed by atoms with E-state index < -0.39 is 0 Å². The smallest absolute Gasteiger partial charge is 0.282 e. The minimum Gasteiger partial charge on any atom is -0.490 e. The summed E-state index contributed by atoms with van der Waals surface area (Å²) in [5.74, 6) is 1.96. The van der Waals surface area contributed by atoms with E-state index in [0.29, 0.717) is 59.2 Å². The number of benzene rings is 5. The molecule has 0 aliphatic heterocycles. The number of furan rings is 1. The van der Waals surface area contributed by atoms with Gasteiger partial charge in [-0.1, -0.05) is 76.6 Å². The summed E-state index contributed by atoms with van der Waals surface area (Å²) < 4.78 is 20.9. The minimum atomic E-state index is -0.310. The van der Waals surface area contributed by atoms with E-state index >= 15 is 0 Å². The second kappa shape index (κ2) is 13.1. The van der Waals surface area contributed by atoms with Crippen LogP contribution in [-0.4, -0.2) is 22.5 Å². The summed E-state index contributed by atoms with van der Waals surface area (Å²) in [6.45, 7) is 6.71. The molecule has 232 valence electrons. The van der Waals surface area contributed by atoms with E-state index in [-0.39, 0.29) is 5.56 Å². The zero-order chi connectivity index (χ0) is 32.3. The summed E-state index contributed by atoms with van der Waals surface area (Å²) >= 11 is 3.52. The lowest BCUT2D eigenvalue weighted by Crippen LogP contribution is -2.20. The van der Waals surface area contributed by atoms with Crippen LogP contribution in [0.25, 0.3) is 44.2 Å². The Morgan fingerprint density at radius 1 is 0.894 bits per heavy atom. The molecule has 47 heavy (non-hydrogen) atoms. The molecule has 0 spiro atoms. The predicted molar refractivity (Wildman–Crippen MR) is 192 cm³/mol. The maximum Gasteiger partial charge on any atom is 0.282 e. The Hall–Kier alpha value is -5.47. The van der Waals surface area contributed by atoms with Gasteiger partial charge in [-0.25, -0.2) is 4.98 Å². The Morgan fingerprint density at radius 3 is 2.55 bits per heavy atom. The van der Waals surface area contributed by atoms with Gasteiger partial charge in [-0.15, -0.1) is 6.58 Å². The van der Waals surface area contributed by atoms with E-state index in [1.807, 2.05) is 79.7 Å². The molecule has 0 amide bonds. The molecule has 0 saturated carbocycles. The van der Waals surface area contributed by atoms with E-state index in [2.05, 4.69) is 51.9 Å². The molecule has 7 aromatic rings. The SMILES string of the molecule is C=CCc1cc(C=Nn2c(-c3cc4cc(Br)ccc4o3)nc3ccccc3c2=O)cc(OCC)c1OCc1cccc2ccccc12. The predicted octanol–water partition coefficient (Wildman–Crippen LogP) is 9.31. The topological polar surface area (TPSA) is 78.9 Å². The van der Waals surface area contributed by atoms with Crippen molar-refractivity contribution in [2.75, 3.05) is 6.61 Å². The van der Waals surface area contributed by atoms with Crippen molar-refractivity contribution in [2.45, 2.75) is 20.0 Å². The molecule has 0 aliphatic rings. The van der Waals surface area contributed by atoms with Crippen LogP contribution in [0.3, 0.4) is 0 Å². The summed E-state index contributed by atoms with van der Waals surface area (Å²) in [7, 11) is 0. The lowest BCUT2D eigenvalue weighted by molar-refractivity contribution is 0.268. The molecule has 2 aromatic heterocycles. The van der Waals surface area contributed by atoms with Gasteiger partial charge in [0.25, 0.3) is 5.56 Å². The monoisotopic (exact) mass is 683 g/mol. The van der Waals surface area contributed by atoms with E-state index in [1.165, 1.54) is 4.68 Å². The van der Waals surface area contributed by atoms with Gasteiger partial charge in [-0.3, -0.25) is 4.79 Å². The lowest BCUT2D eigenvalue weighted by Gasteiger charge is -2.17. The average Bonchev–Trinajstić information content (AvgIpc) is 3.51. The number of ether oxygens (including phenoxy) is 2. The largest absolute Gasteiger partial charge is 0.490 e. The molecule has 2 heterocycles. The van der Waals surface area contributed by atoms with Crippen molar-refractivity contribution in [3.8, 4) is 23.1 Å². The molecule has 8 heteroatoms. The number of halogens is 1. The van der Waals surface area contributed by atoms with Gasteiger partial charge in [0.2, 0.25) is 5.82 Å². The molecule has 7 rings (SSSR count). The number of fused-ring (bicyclic) bond motifs is 3. The maximum absolute atomic E-state index is 13.8. The fourth-order valence-electron chi connectivity index (χ4n) is 5.70. The second-order valence-corrected chi connectivity index (χ2v) is 11.9. The number of rotatable bonds is 10. The van der Waals surface area contributed by atoms with Gasteiger partial charge in [0.05, 0.1) is 23.7 Å². The highest BCUT2D eigenvalue weighted by molar-refractivity contribution is 9.10. The second-order valence-electron chi connectivity index (χ2n) is 11.0. The molecule has 0 unspecified atom stereocenters. The van der Waals surface area contributed by atoms with Crippen LogP contribution >= 0.6 is 15.9 Å². The van der Waals surface area contributed by atoms with Gasteiger partial charge < -0.3 is 13.9 Å². The molecule has 0 bridgehead atoms. The summed E-state index contributed by atoms with van der Waals surface area (Å²) in [4.78, 5) is 18.6. The molecule has 0 aliphatic carbocycles. The van der Waals surface area contributed by atoms with E-state index in [0.717, 1.165) is 37.3 Å². The fourth-order valence-corrected chi connectivity index (χ4v) is 6.08. The van der Waals surface area contributed by atoms with Gasteiger partial charge in [-0.2, -0.15) is 9.78 Å². The van der Waals surface area contributed by atoms with Gasteiger partial charge in [0.1, 0.15) is 12.2 Å². The standard InChI is InChI=1S/C39H30BrN3O4/c1-3-10-27-19-25(20-35(45-4-2)37(27)46-24-28-13-9-12-26-11-5-6-14-31(26)28)23-41-43-38(42-33-16-8-7-15-32(33)39(43)44)36-22-29-21-30(40)17-18-34(29)47-36/h3,5-9,11-23H,1,4,10,24H2,2H3. The summed E-state index contributed by atoms with van der Waals surface area (Å²) in [6, 6.07) is 33.1. The number of allylic oxidation sites excluding steroid dienone is 1. The van der Waals surface area contributed by atoms with Crippen LogP contribution in [-0.2, 0) is 13.0 Å². The zero-order valence-electron chi connectivity index (χ0n) is 25.7. The average molecular weight is 685 g/mol. The Morgan fingerprint density at radius 2 is 1.70 bits per heavy atom. The van der Waals surface area contributed by atoms with Crippen LogP contribution in [0, 0.1) is 0 Å². The first-order valence-electron chi connectivity index (χ1n) is 15.3. The maximum atomic E-state index is 13.8. The van der Waals surface area contributed by atoms with Crippen LogP contribution < -0.4 is 15.0 Å². The third-order valence-electron chi connectivity index (χ3n) is 7.84. The molecule has 0 radical (unpaired) electrons. The van der Waals surface area contributed by atoms with Crippen molar-refractivity contribution >= 4 is 54.8 Å². The minimum absolute atomic E-state index is 0.295. The highest BCUT2D eigenvalue weighted by atomic mass is 79.9. The van der Waals surface area contributed by atoms with Crippen molar-refractivity contribution in [2.24, 2.45) is 5.10 Å². The molecule has 0 fully saturated rings. The first-order chi connectivity index (χ1) is 23.0. The molecule has 0 atom stereocenters. The van der Waals surface area contributed by atoms with Crippen molar-refractivity contribution in [1.29, 1.82) is 0 Å². The van der Waals surface area contributed by atoms with Crippen LogP contribution in [0.2, 0.25) is 0 Å². The fraction of sp³-hybridized carbons (Fsp3) is 0.103. The zero-order valence-corrected chi connectivity index (χ0v) is 27.2. The Balaban J connectivity index is 1.30. The quantitative estimate of drug-likeness (QED) is 0.106. The van der Waals surface area contributed by atoms with Crippen LogP contribution in [0.4, 0.5) is 0 Å². The highest BCUT2D eigenvalue weighted by Crippen LogP contribution is 2.35. The van der Waals surface area contributed by atoms with Gasteiger partial charge in [0, 0.05) is 15.4 Å². The van der Waals surface area contributed by atoms with Crippen molar-refractivity contribution in [1.82, 2.24) is 9.66 Å². The van der Waals surface area contributed by atoms with Crippen molar-refractivity contribution in [3.05, 3.63) is 147 Å². The molecule has 5 aromatic carbocycles. The van der Waals surface area contributed by atoms with Crippen molar-refractivity contribution < 1.29 is 13.9 Å². The number of nitrogens with zero attached hydrogens (tertiary/aromatic N) is 3. The number of hydrogen-bond donors (Lipinski definition) is 0. The first-order valence-corrected chi connectivity index (χ1v) is 16.1. The van der Waals surface area contributed by atoms with Crippen LogP contribution in [0.1, 0.15) is 23.6 Å². The molecule has 7 nitrogen and oxygen atoms in total. The summed E-state index contributed by atoms with van der Waals surface area (Å²) in [6.07, 6.45) is 4.00. The van der Waals surface area contributed by atoms with Gasteiger partial charge in [-0.05, 0) is 83.8 Å². The van der Waals surface area contributed by atoms with Gasteiger partial charge >= 0.3 is 0 Å². The number of hydrogen-bond acceptors (Lipinski definition) is 6. The number of aromatic nitrogens is 2. The van der Waals surface area contributed by atoms with E-state index in [9.17, 15) is 4.79 Å². The summed E-state index contributed by atoms with van der Waals surface area (Å²) in [5, 5.41) is 8.30. The molecular formula is C39H30BrN3O4. The number of para-hydroxylation sites is 1. The van der Waals surface area contributed by atoms with Crippen molar-refractivity contribution in [3.63, 3.8) is 0 Å². The third kappa shape index (κ3) is 6.07. The molecule has 0 N–H and O–H groups in total. The third-order valence-corrected chi connectivity index (χ3v) is 8.34. The van der Waals surface area contributed by atoms with Crippen LogP contribution in [0.5, 0.6) is 11.5 Å². The Labute approximate surface area is 279 Å². The van der Waals surface area contributed by atoms with E-state index in [1.54, 1.807) is 18.3 Å². The molecule has 0 saturated heterocycles. The highest BCUT2D eigenvalue weighted by Gasteiger charge is 2.18. The molecular weight excluding hydrogens is 654 g/mol. The summed E-state index contributed by atoms with van der Waals surface area (Å²) in [5.41, 5.74) is 3.61. The van der Waals surface area contributed by atoms with Crippen LogP contribution in [0.15, 0.2) is 135 Å². The lowest BCUT2D eigenvalue weighted by atomic mass is 10.0.